The van der Waals surface area contributed by atoms with Gasteiger partial charge in [-0.1, -0.05) is 49.0 Å². The summed E-state index contributed by atoms with van der Waals surface area (Å²) in [5.74, 6) is -0.205. The molecule has 2 saturated heterocycles. The molecule has 3 unspecified atom stereocenters. The number of piperidine rings is 1. The van der Waals surface area contributed by atoms with Gasteiger partial charge in [-0.2, -0.15) is 0 Å². The smallest absolute Gasteiger partial charge is 0.326 e. The summed E-state index contributed by atoms with van der Waals surface area (Å²) in [5.41, 5.74) is 3.31. The minimum atomic E-state index is -0.228. The second-order valence-electron chi connectivity index (χ2n) is 10.2. The van der Waals surface area contributed by atoms with E-state index in [-0.39, 0.29) is 47.3 Å². The van der Waals surface area contributed by atoms with Crippen molar-refractivity contribution in [3.05, 3.63) is 59.3 Å². The van der Waals surface area contributed by atoms with E-state index in [1.807, 2.05) is 54.3 Å². The van der Waals surface area contributed by atoms with Gasteiger partial charge in [0.05, 0.1) is 22.0 Å². The quantitative estimate of drug-likeness (QED) is 0.455. The molecule has 5 atom stereocenters. The number of rotatable bonds is 6. The first-order valence-electron chi connectivity index (χ1n) is 13.4. The summed E-state index contributed by atoms with van der Waals surface area (Å²) in [6.45, 7) is 2.59. The van der Waals surface area contributed by atoms with E-state index in [0.717, 1.165) is 49.2 Å². The lowest BCUT2D eigenvalue weighted by Crippen LogP contribution is -2.62. The number of benzene rings is 1. The number of carbonyl (C=O) groups is 3. The van der Waals surface area contributed by atoms with Crippen LogP contribution in [-0.2, 0) is 9.59 Å². The zero-order chi connectivity index (χ0) is 26.2. The fraction of sp³-hybridized carbons (Fsp3) is 0.429. The van der Waals surface area contributed by atoms with Gasteiger partial charge >= 0.3 is 6.03 Å². The van der Waals surface area contributed by atoms with Crippen molar-refractivity contribution in [3.63, 3.8) is 0 Å². The summed E-state index contributed by atoms with van der Waals surface area (Å²) >= 11 is 1.50. The molecular weight excluding hydrogens is 500 g/mol. The fourth-order valence-corrected chi connectivity index (χ4v) is 7.51. The molecule has 38 heavy (non-hydrogen) atoms. The number of hydrogen-bond acceptors (Lipinski definition) is 6. The van der Waals surface area contributed by atoms with Gasteiger partial charge in [0.15, 0.2) is 0 Å². The first-order valence-corrected chi connectivity index (χ1v) is 14.3. The van der Waals surface area contributed by atoms with Crippen molar-refractivity contribution in [2.75, 3.05) is 11.4 Å². The summed E-state index contributed by atoms with van der Waals surface area (Å²) in [6.07, 6.45) is 5.58. The highest BCUT2D eigenvalue weighted by Crippen LogP contribution is 2.48. The number of aromatic nitrogens is 1. The monoisotopic (exact) mass is 532 g/mol. The molecule has 2 aromatic rings. The minimum Gasteiger partial charge on any atom is -0.351 e. The van der Waals surface area contributed by atoms with Gasteiger partial charge in [0, 0.05) is 47.6 Å². The standard InChI is InChI=1S/C28H32N6O3S/c1-2-22(35)31-18-9-6-10-19(18)32-26(36)25-24-23-21(12-14-30-27(23)38-25)34(28(37)33-24)17-11-13-29-20(15-17)16-7-4-3-5-8-16/h3-5,7-8,11,13,15,18-19,21,23,27,30H,2,6,9-10,12,14H2,1H3,(H,31,35)(H,32,36)(H,33,37)/t18-,19+,21?,23?,27?/m1/s1. The van der Waals surface area contributed by atoms with Gasteiger partial charge in [-0.3, -0.25) is 19.5 Å². The molecule has 0 bridgehead atoms. The SMILES string of the molecule is CCC(=O)N[C@@H]1CCC[C@@H]1NC(=O)C1=C2NC(=O)N(c3ccnc(-c4ccccc4)c3)C3CCNC(S1)C23. The molecule has 3 fully saturated rings. The molecule has 1 aromatic carbocycles. The molecule has 4 heterocycles. The van der Waals surface area contributed by atoms with E-state index < -0.39 is 0 Å². The Labute approximate surface area is 226 Å². The number of anilines is 1. The molecule has 6 rings (SSSR count). The molecule has 10 heteroatoms. The first kappa shape index (κ1) is 24.9. The highest BCUT2D eigenvalue weighted by molar-refractivity contribution is 8.04. The van der Waals surface area contributed by atoms with Crippen molar-refractivity contribution < 1.29 is 14.4 Å². The molecular formula is C28H32N6O3S. The number of amides is 4. The Morgan fingerprint density at radius 1 is 1.11 bits per heavy atom. The number of thioether (sulfide) groups is 1. The predicted molar refractivity (Wildman–Crippen MR) is 147 cm³/mol. The summed E-state index contributed by atoms with van der Waals surface area (Å²) in [7, 11) is 0. The van der Waals surface area contributed by atoms with Crippen molar-refractivity contribution in [1.29, 1.82) is 0 Å². The minimum absolute atomic E-state index is 0.00204. The molecule has 3 aliphatic heterocycles. The first-order chi connectivity index (χ1) is 18.5. The Bertz CT molecular complexity index is 1280. The number of urea groups is 1. The Morgan fingerprint density at radius 3 is 2.68 bits per heavy atom. The van der Waals surface area contributed by atoms with Crippen LogP contribution in [0.1, 0.15) is 39.0 Å². The topological polar surface area (TPSA) is 115 Å². The van der Waals surface area contributed by atoms with Gasteiger partial charge in [0.1, 0.15) is 0 Å². The normalized spacial score (nSPS) is 28.1. The fourth-order valence-electron chi connectivity index (χ4n) is 6.11. The Balaban J connectivity index is 1.25. The zero-order valence-electron chi connectivity index (χ0n) is 21.3. The lowest BCUT2D eigenvalue weighted by Gasteiger charge is -2.45. The van der Waals surface area contributed by atoms with E-state index in [1.54, 1.807) is 6.20 Å². The molecule has 1 aliphatic carbocycles. The van der Waals surface area contributed by atoms with Gasteiger partial charge in [0.25, 0.3) is 5.91 Å². The number of pyridine rings is 1. The van der Waals surface area contributed by atoms with Gasteiger partial charge in [-0.05, 0) is 44.4 Å². The van der Waals surface area contributed by atoms with Crippen LogP contribution in [0.25, 0.3) is 11.3 Å². The Hall–Kier alpha value is -3.37. The molecule has 1 aromatic heterocycles. The highest BCUT2D eigenvalue weighted by atomic mass is 32.2. The van der Waals surface area contributed by atoms with E-state index in [4.69, 9.17) is 0 Å². The van der Waals surface area contributed by atoms with Crippen molar-refractivity contribution in [2.45, 2.75) is 62.5 Å². The van der Waals surface area contributed by atoms with E-state index >= 15 is 0 Å². The molecule has 9 nitrogen and oxygen atoms in total. The van der Waals surface area contributed by atoms with Crippen molar-refractivity contribution in [1.82, 2.24) is 26.3 Å². The number of nitrogens with one attached hydrogen (secondary N) is 4. The van der Waals surface area contributed by atoms with Gasteiger partial charge in [0.2, 0.25) is 5.91 Å². The Morgan fingerprint density at radius 2 is 1.89 bits per heavy atom. The molecule has 4 N–H and O–H groups in total. The summed E-state index contributed by atoms with van der Waals surface area (Å²) in [5, 5.41) is 12.8. The van der Waals surface area contributed by atoms with Gasteiger partial charge in [-0.15, -0.1) is 0 Å². The number of carbonyl (C=O) groups excluding carboxylic acids is 3. The molecule has 198 valence electrons. The zero-order valence-corrected chi connectivity index (χ0v) is 22.1. The Kier molecular flexibility index (Phi) is 6.84. The van der Waals surface area contributed by atoms with Crippen molar-refractivity contribution >= 4 is 35.3 Å². The van der Waals surface area contributed by atoms with Crippen molar-refractivity contribution in [2.24, 2.45) is 5.92 Å². The average Bonchev–Trinajstić information content (AvgIpc) is 3.54. The second kappa shape index (κ2) is 10.4. The van der Waals surface area contributed by atoms with Gasteiger partial charge < -0.3 is 21.3 Å². The van der Waals surface area contributed by atoms with E-state index in [1.165, 1.54) is 11.8 Å². The van der Waals surface area contributed by atoms with E-state index in [0.29, 0.717) is 17.0 Å². The van der Waals surface area contributed by atoms with Crippen LogP contribution in [0.3, 0.4) is 0 Å². The third kappa shape index (κ3) is 4.56. The molecule has 0 spiro atoms. The van der Waals surface area contributed by atoms with Crippen LogP contribution >= 0.6 is 11.8 Å². The van der Waals surface area contributed by atoms with Crippen LogP contribution in [0, 0.1) is 5.92 Å². The number of hydrogen-bond donors (Lipinski definition) is 4. The summed E-state index contributed by atoms with van der Waals surface area (Å²) in [4.78, 5) is 45.9. The highest BCUT2D eigenvalue weighted by Gasteiger charge is 2.52. The summed E-state index contributed by atoms with van der Waals surface area (Å²) < 4.78 is 0. The third-order valence-electron chi connectivity index (χ3n) is 7.94. The predicted octanol–water partition coefficient (Wildman–Crippen LogP) is 3.10. The lowest BCUT2D eigenvalue weighted by molar-refractivity contribution is -0.122. The average molecular weight is 533 g/mol. The van der Waals surface area contributed by atoms with Crippen LogP contribution in [0.4, 0.5) is 10.5 Å². The maximum absolute atomic E-state index is 13.6. The van der Waals surface area contributed by atoms with Crippen LogP contribution < -0.4 is 26.2 Å². The van der Waals surface area contributed by atoms with E-state index in [2.05, 4.69) is 26.3 Å². The molecule has 0 radical (unpaired) electrons. The van der Waals surface area contributed by atoms with Crippen molar-refractivity contribution in [3.8, 4) is 11.3 Å². The molecule has 4 amide bonds. The maximum Gasteiger partial charge on any atom is 0.326 e. The second-order valence-corrected chi connectivity index (χ2v) is 11.4. The van der Waals surface area contributed by atoms with Crippen LogP contribution in [0.5, 0.6) is 0 Å². The largest absolute Gasteiger partial charge is 0.351 e. The maximum atomic E-state index is 13.6. The lowest BCUT2D eigenvalue weighted by atomic mass is 9.86. The van der Waals surface area contributed by atoms with Crippen LogP contribution in [-0.4, -0.2) is 52.9 Å². The molecule has 4 aliphatic rings. The van der Waals surface area contributed by atoms with E-state index in [9.17, 15) is 14.4 Å². The number of nitrogens with zero attached hydrogens (tertiary/aromatic N) is 2. The molecule has 1 saturated carbocycles. The van der Waals surface area contributed by atoms with Gasteiger partial charge in [-0.25, -0.2) is 4.79 Å². The van der Waals surface area contributed by atoms with Crippen LogP contribution in [0.2, 0.25) is 0 Å². The summed E-state index contributed by atoms with van der Waals surface area (Å²) in [6, 6.07) is 13.3. The van der Waals surface area contributed by atoms with Crippen LogP contribution in [0.15, 0.2) is 59.3 Å². The third-order valence-corrected chi connectivity index (χ3v) is 9.29.